The predicted molar refractivity (Wildman–Crippen MR) is 81.5 cm³/mol. The Morgan fingerprint density at radius 2 is 1.76 bits per heavy atom. The quantitative estimate of drug-likeness (QED) is 0.874. The maximum absolute atomic E-state index is 12.4. The molecule has 21 heavy (non-hydrogen) atoms. The zero-order valence-corrected chi connectivity index (χ0v) is 11.8. The molecule has 0 radical (unpaired) electrons. The molecule has 108 valence electrons. The molecule has 0 saturated carbocycles. The normalized spacial score (nSPS) is 24.3. The molecule has 1 N–H and O–H groups in total. The number of nitrogens with zero attached hydrogens (tertiary/aromatic N) is 1. The van der Waals surface area contributed by atoms with E-state index in [0.717, 1.165) is 36.7 Å². The molecule has 2 aromatic carbocycles. The van der Waals surface area contributed by atoms with Crippen molar-refractivity contribution < 1.29 is 9.53 Å². The number of fused-ring (bicyclic) bond motifs is 3. The standard InChI is InChI=1S/C17H18N2O2/c20-17(19-14-6-7-15(19)11-18-10-14)21-16-8-5-12-3-1-2-4-13(12)9-16/h1-5,8-9,14-15,18H,6-7,10-11H2. The SMILES string of the molecule is O=C(Oc1ccc2ccccc2c1)N1C2CCC1CNC2. The van der Waals surface area contributed by atoms with Crippen molar-refractivity contribution in [3.05, 3.63) is 42.5 Å². The van der Waals surface area contributed by atoms with Crippen LogP contribution in [0.2, 0.25) is 0 Å². The summed E-state index contributed by atoms with van der Waals surface area (Å²) in [7, 11) is 0. The molecule has 0 aliphatic carbocycles. The summed E-state index contributed by atoms with van der Waals surface area (Å²) in [5.74, 6) is 0.622. The fraction of sp³-hybridized carbons (Fsp3) is 0.353. The second-order valence-corrected chi connectivity index (χ2v) is 5.83. The smallest absolute Gasteiger partial charge is 0.410 e. The van der Waals surface area contributed by atoms with Crippen LogP contribution >= 0.6 is 0 Å². The predicted octanol–water partition coefficient (Wildman–Crippen LogP) is 2.77. The highest BCUT2D eigenvalue weighted by Gasteiger charge is 2.40. The first-order valence-electron chi connectivity index (χ1n) is 7.51. The molecule has 2 atom stereocenters. The number of carbonyl (C=O) groups is 1. The van der Waals surface area contributed by atoms with Gasteiger partial charge in [-0.25, -0.2) is 4.79 Å². The molecule has 2 aliphatic rings. The van der Waals surface area contributed by atoms with Gasteiger partial charge in [0.15, 0.2) is 0 Å². The minimum absolute atomic E-state index is 0.209. The third-order valence-electron chi connectivity index (χ3n) is 4.52. The molecular weight excluding hydrogens is 264 g/mol. The summed E-state index contributed by atoms with van der Waals surface area (Å²) in [5.41, 5.74) is 0. The van der Waals surface area contributed by atoms with E-state index < -0.39 is 0 Å². The van der Waals surface area contributed by atoms with Gasteiger partial charge in [-0.1, -0.05) is 30.3 Å². The zero-order valence-electron chi connectivity index (χ0n) is 11.8. The van der Waals surface area contributed by atoms with E-state index in [1.165, 1.54) is 0 Å². The molecule has 0 aromatic heterocycles. The van der Waals surface area contributed by atoms with Crippen LogP contribution in [0.3, 0.4) is 0 Å². The highest BCUT2D eigenvalue weighted by molar-refractivity contribution is 5.84. The molecule has 2 saturated heterocycles. The van der Waals surface area contributed by atoms with Gasteiger partial charge < -0.3 is 10.1 Å². The molecule has 2 bridgehead atoms. The summed E-state index contributed by atoms with van der Waals surface area (Å²) in [6, 6.07) is 14.4. The van der Waals surface area contributed by atoms with Crippen molar-refractivity contribution in [1.29, 1.82) is 0 Å². The van der Waals surface area contributed by atoms with Crippen LogP contribution in [-0.4, -0.2) is 36.2 Å². The maximum Gasteiger partial charge on any atom is 0.415 e. The second kappa shape index (κ2) is 5.04. The van der Waals surface area contributed by atoms with E-state index in [1.54, 1.807) is 0 Å². The molecule has 2 aromatic rings. The Hall–Kier alpha value is -2.07. The lowest BCUT2D eigenvalue weighted by Gasteiger charge is -2.34. The van der Waals surface area contributed by atoms with Crippen molar-refractivity contribution in [1.82, 2.24) is 10.2 Å². The Morgan fingerprint density at radius 3 is 2.52 bits per heavy atom. The van der Waals surface area contributed by atoms with Gasteiger partial charge in [-0.2, -0.15) is 0 Å². The van der Waals surface area contributed by atoms with Crippen molar-refractivity contribution in [3.63, 3.8) is 0 Å². The molecule has 4 heteroatoms. The fourth-order valence-electron chi connectivity index (χ4n) is 3.46. The first-order valence-corrected chi connectivity index (χ1v) is 7.51. The second-order valence-electron chi connectivity index (χ2n) is 5.83. The molecule has 2 fully saturated rings. The van der Waals surface area contributed by atoms with Crippen LogP contribution in [0, 0.1) is 0 Å². The van der Waals surface area contributed by atoms with Gasteiger partial charge >= 0.3 is 6.09 Å². The van der Waals surface area contributed by atoms with Crippen molar-refractivity contribution >= 4 is 16.9 Å². The summed E-state index contributed by atoms with van der Waals surface area (Å²) in [6.07, 6.45) is 1.94. The van der Waals surface area contributed by atoms with Crippen LogP contribution in [0.5, 0.6) is 5.75 Å². The van der Waals surface area contributed by atoms with Gasteiger partial charge in [0.1, 0.15) is 5.75 Å². The van der Waals surface area contributed by atoms with Crippen molar-refractivity contribution in [2.75, 3.05) is 13.1 Å². The summed E-state index contributed by atoms with van der Waals surface area (Å²) in [6.45, 7) is 1.76. The third kappa shape index (κ3) is 2.25. The highest BCUT2D eigenvalue weighted by atomic mass is 16.6. The van der Waals surface area contributed by atoms with Crippen LogP contribution in [0.25, 0.3) is 10.8 Å². The molecular formula is C17H18N2O2. The number of amides is 1. The van der Waals surface area contributed by atoms with E-state index in [-0.39, 0.29) is 18.2 Å². The topological polar surface area (TPSA) is 41.6 Å². The first-order chi connectivity index (χ1) is 10.3. The summed E-state index contributed by atoms with van der Waals surface area (Å²) in [5, 5.41) is 5.61. The number of ether oxygens (including phenoxy) is 1. The number of rotatable bonds is 1. The number of piperazine rings is 1. The molecule has 0 spiro atoms. The van der Waals surface area contributed by atoms with E-state index in [9.17, 15) is 4.79 Å². The molecule has 1 amide bonds. The first kappa shape index (κ1) is 12.7. The van der Waals surface area contributed by atoms with Crippen LogP contribution in [0.1, 0.15) is 12.8 Å². The Labute approximate surface area is 123 Å². The number of hydrogen-bond acceptors (Lipinski definition) is 3. The number of benzene rings is 2. The number of carbonyl (C=O) groups excluding carboxylic acids is 1. The minimum atomic E-state index is -0.209. The molecule has 2 aliphatic heterocycles. The van der Waals surface area contributed by atoms with Crippen molar-refractivity contribution in [3.8, 4) is 5.75 Å². The van der Waals surface area contributed by atoms with Gasteiger partial charge in [-0.15, -0.1) is 0 Å². The average molecular weight is 282 g/mol. The zero-order chi connectivity index (χ0) is 14.2. The summed E-state index contributed by atoms with van der Waals surface area (Å²) < 4.78 is 5.60. The lowest BCUT2D eigenvalue weighted by Crippen LogP contribution is -2.54. The van der Waals surface area contributed by atoms with Gasteiger partial charge in [0, 0.05) is 25.2 Å². The monoisotopic (exact) mass is 282 g/mol. The Balaban J connectivity index is 1.55. The molecule has 2 unspecified atom stereocenters. The number of nitrogens with one attached hydrogen (secondary N) is 1. The Bertz CT molecular complexity index is 669. The van der Waals surface area contributed by atoms with E-state index in [0.29, 0.717) is 5.75 Å². The summed E-state index contributed by atoms with van der Waals surface area (Å²) in [4.78, 5) is 14.4. The van der Waals surface area contributed by atoms with Gasteiger partial charge in [0.25, 0.3) is 0 Å². The van der Waals surface area contributed by atoms with Gasteiger partial charge in [0.05, 0.1) is 0 Å². The van der Waals surface area contributed by atoms with Crippen LogP contribution < -0.4 is 10.1 Å². The van der Waals surface area contributed by atoms with Crippen LogP contribution in [0.4, 0.5) is 4.79 Å². The number of hydrogen-bond donors (Lipinski definition) is 1. The minimum Gasteiger partial charge on any atom is -0.410 e. The maximum atomic E-state index is 12.4. The third-order valence-corrected chi connectivity index (χ3v) is 4.52. The highest BCUT2D eigenvalue weighted by Crippen LogP contribution is 2.28. The summed E-state index contributed by atoms with van der Waals surface area (Å²) >= 11 is 0. The largest absolute Gasteiger partial charge is 0.415 e. The molecule has 2 heterocycles. The van der Waals surface area contributed by atoms with Gasteiger partial charge in [0.2, 0.25) is 0 Å². The van der Waals surface area contributed by atoms with E-state index in [2.05, 4.69) is 11.4 Å². The van der Waals surface area contributed by atoms with E-state index >= 15 is 0 Å². The molecule has 4 rings (SSSR count). The van der Waals surface area contributed by atoms with Gasteiger partial charge in [-0.3, -0.25) is 4.90 Å². The van der Waals surface area contributed by atoms with E-state index in [1.807, 2.05) is 41.3 Å². The Kier molecular flexibility index (Phi) is 3.04. The van der Waals surface area contributed by atoms with Gasteiger partial charge in [-0.05, 0) is 35.7 Å². The van der Waals surface area contributed by atoms with Crippen molar-refractivity contribution in [2.24, 2.45) is 0 Å². The lowest BCUT2D eigenvalue weighted by atomic mass is 10.1. The Morgan fingerprint density at radius 1 is 1.05 bits per heavy atom. The van der Waals surface area contributed by atoms with E-state index in [4.69, 9.17) is 4.74 Å². The van der Waals surface area contributed by atoms with Crippen LogP contribution in [-0.2, 0) is 0 Å². The average Bonchev–Trinajstić information content (AvgIpc) is 2.77. The molecule has 4 nitrogen and oxygen atoms in total. The van der Waals surface area contributed by atoms with Crippen molar-refractivity contribution in [2.45, 2.75) is 24.9 Å². The van der Waals surface area contributed by atoms with Crippen LogP contribution in [0.15, 0.2) is 42.5 Å². The fourth-order valence-corrected chi connectivity index (χ4v) is 3.46. The lowest BCUT2D eigenvalue weighted by molar-refractivity contribution is 0.115.